The number of phenols is 1. The van der Waals surface area contributed by atoms with E-state index in [0.29, 0.717) is 17.1 Å². The maximum absolute atomic E-state index is 15.4. The van der Waals surface area contributed by atoms with Crippen LogP contribution in [-0.2, 0) is 19.2 Å². The lowest BCUT2D eigenvalue weighted by molar-refractivity contribution is -0.125. The van der Waals surface area contributed by atoms with Crippen LogP contribution in [0.2, 0.25) is 0 Å². The Hall–Kier alpha value is -6.39. The van der Waals surface area contributed by atoms with E-state index in [2.05, 4.69) is 0 Å². The first kappa shape index (κ1) is 44.2. The highest BCUT2D eigenvalue weighted by molar-refractivity contribution is 6.58. The number of nitrogens with zero attached hydrogens (tertiary/aromatic N) is 2. The lowest BCUT2D eigenvalue weighted by atomic mass is 9.57. The fourth-order valence-electron chi connectivity index (χ4n) is 9.18. The third-order valence-corrected chi connectivity index (χ3v) is 13.7. The van der Waals surface area contributed by atoms with E-state index in [9.17, 15) is 37.5 Å². The summed E-state index contributed by atoms with van der Waals surface area (Å²) in [4.78, 5) is 53.2. The van der Waals surface area contributed by atoms with Gasteiger partial charge in [0.05, 0.1) is 46.0 Å². The molecule has 11 nitrogen and oxygen atoms in total. The molecule has 6 atom stereocenters. The van der Waals surface area contributed by atoms with Crippen LogP contribution in [0.4, 0.5) is 33.3 Å². The highest BCUT2D eigenvalue weighted by atomic mass is 35.5. The summed E-state index contributed by atoms with van der Waals surface area (Å²) < 4.78 is 95.5. The van der Waals surface area contributed by atoms with Gasteiger partial charge in [-0.1, -0.05) is 48.1 Å². The number of imide groups is 2. The lowest BCUT2D eigenvalue weighted by Crippen LogP contribution is -2.60. The van der Waals surface area contributed by atoms with Crippen LogP contribution in [0.15, 0.2) is 72.3 Å². The van der Waals surface area contributed by atoms with Gasteiger partial charge in [0.1, 0.15) is 17.2 Å². The Balaban J connectivity index is 1.19. The van der Waals surface area contributed by atoms with Gasteiger partial charge in [-0.25, -0.2) is 26.9 Å². The molecule has 2 aliphatic carbocycles. The molecule has 1 N–H and O–H groups in total. The number of ether oxygens (including phenoxy) is 4. The maximum Gasteiger partial charge on any atom is 0.258 e. The predicted molar refractivity (Wildman–Crippen MR) is 225 cm³/mol. The molecule has 18 heteroatoms. The molecule has 2 saturated heterocycles. The van der Waals surface area contributed by atoms with Gasteiger partial charge in [-0.05, 0) is 72.4 Å². The van der Waals surface area contributed by atoms with Crippen molar-refractivity contribution in [1.29, 1.82) is 0 Å². The molecule has 1 saturated carbocycles. The summed E-state index contributed by atoms with van der Waals surface area (Å²) in [7, 11) is 5.62. The van der Waals surface area contributed by atoms with Gasteiger partial charge in [-0.3, -0.25) is 24.1 Å². The van der Waals surface area contributed by atoms with Crippen molar-refractivity contribution >= 4 is 76.4 Å². The van der Waals surface area contributed by atoms with Gasteiger partial charge in [0.2, 0.25) is 23.4 Å². The number of amides is 4. The molecule has 4 amide bonds. The molecule has 6 unspecified atom stereocenters. The zero-order chi connectivity index (χ0) is 46.2. The van der Waals surface area contributed by atoms with Crippen molar-refractivity contribution in [2.45, 2.75) is 22.6 Å². The highest BCUT2D eigenvalue weighted by Gasteiger charge is 2.76. The molecule has 8 rings (SSSR count). The second kappa shape index (κ2) is 16.3. The number of anilines is 2. The topological polar surface area (TPSA) is 132 Å². The van der Waals surface area contributed by atoms with Crippen molar-refractivity contribution in [2.75, 3.05) is 38.2 Å². The number of fused-ring (bicyclic) bond motifs is 4. The van der Waals surface area contributed by atoms with E-state index in [1.165, 1.54) is 52.7 Å². The van der Waals surface area contributed by atoms with Crippen LogP contribution >= 0.6 is 23.2 Å². The van der Waals surface area contributed by atoms with E-state index in [1.807, 2.05) is 0 Å². The molecular formula is C46H35Cl2F5N2O9. The summed E-state index contributed by atoms with van der Waals surface area (Å²) in [5.74, 6) is -20.9. The molecule has 0 spiro atoms. The predicted octanol–water partition coefficient (Wildman–Crippen LogP) is 8.61. The minimum atomic E-state index is -2.72. The molecule has 3 fully saturated rings. The first-order valence-corrected chi connectivity index (χ1v) is 20.2. The molecule has 0 aromatic heterocycles. The normalized spacial score (nSPS) is 25.2. The van der Waals surface area contributed by atoms with Crippen molar-refractivity contribution in [3.63, 3.8) is 0 Å². The number of hydrogen-bond acceptors (Lipinski definition) is 9. The molecule has 0 bridgehead atoms. The van der Waals surface area contributed by atoms with Gasteiger partial charge in [-0.2, -0.15) is 0 Å². The summed E-state index contributed by atoms with van der Waals surface area (Å²) in [6.07, 6.45) is 7.15. The van der Waals surface area contributed by atoms with E-state index in [0.717, 1.165) is 10.5 Å². The Labute approximate surface area is 371 Å². The van der Waals surface area contributed by atoms with Crippen molar-refractivity contribution < 1.29 is 65.2 Å². The first-order chi connectivity index (χ1) is 30.5. The average Bonchev–Trinajstić information content (AvgIpc) is 3.64. The molecule has 64 heavy (non-hydrogen) atoms. The van der Waals surface area contributed by atoms with Gasteiger partial charge in [0.15, 0.2) is 44.5 Å². The number of methoxy groups -OCH3 is 4. The number of alkyl halides is 2. The van der Waals surface area contributed by atoms with Gasteiger partial charge in [0.25, 0.3) is 11.8 Å². The quantitative estimate of drug-likeness (QED) is 0.0316. The highest BCUT2D eigenvalue weighted by Crippen LogP contribution is 2.64. The SMILES string of the molecule is COc1ccc(OC)c(C=Cc2ccc(N3C(=O)C4CC=C5C(CC6(Cl)C(=O)N(c7c(F)c(F)c(F)c(F)c7F)C(=O)C6(Cl)C5C=Cc5cc(OC)c(O)c(OC)c5)C4C3=O)cc2)c1. The van der Waals surface area contributed by atoms with E-state index < -0.39 is 98.2 Å². The van der Waals surface area contributed by atoms with Crippen molar-refractivity contribution in [2.24, 2.45) is 23.7 Å². The number of phenolic OH excluding ortho intramolecular Hbond substituents is 1. The second-order valence-electron chi connectivity index (χ2n) is 15.4. The Morgan fingerprint density at radius 2 is 1.28 bits per heavy atom. The van der Waals surface area contributed by atoms with E-state index in [4.69, 9.17) is 42.1 Å². The Bertz CT molecular complexity index is 2710. The number of carbonyl (C=O) groups excluding carboxylic acids is 4. The standard InChI is InChI=1S/C46H35Cl2F5N2O9/c1-61-25-12-16-30(62-2)23(19-25)9-5-21-6-10-24(11-7-21)54-41(57)27-14-13-26-28(33(27)42(54)58)20-45(47)43(59)55(39-37(52)35(50)34(49)36(51)38(39)53)44(60)46(45,48)29(26)15-8-22-17-31(63-3)40(56)32(18-22)64-4/h5-13,15-19,27-29,33,56H,14,20H2,1-4H3. The number of carbonyl (C=O) groups is 4. The lowest BCUT2D eigenvalue weighted by Gasteiger charge is -2.49. The first-order valence-electron chi connectivity index (χ1n) is 19.5. The summed E-state index contributed by atoms with van der Waals surface area (Å²) in [5.41, 5.74) is 0.286. The summed E-state index contributed by atoms with van der Waals surface area (Å²) in [6, 6.07) is 14.6. The van der Waals surface area contributed by atoms with Crippen molar-refractivity contribution in [3.8, 4) is 28.7 Å². The van der Waals surface area contributed by atoms with E-state index >= 15 is 8.78 Å². The molecule has 4 aromatic carbocycles. The fraction of sp³-hybridized carbons (Fsp3) is 0.261. The fourth-order valence-corrected chi connectivity index (χ4v) is 10.1. The van der Waals surface area contributed by atoms with Crippen LogP contribution in [0.25, 0.3) is 18.2 Å². The number of halogens is 7. The Morgan fingerprint density at radius 3 is 1.88 bits per heavy atom. The van der Waals surface area contributed by atoms with E-state index in [1.54, 1.807) is 60.7 Å². The average molecular weight is 926 g/mol. The molecular weight excluding hydrogens is 890 g/mol. The van der Waals surface area contributed by atoms with Crippen molar-refractivity contribution in [3.05, 3.63) is 118 Å². The van der Waals surface area contributed by atoms with Crippen LogP contribution in [0.1, 0.15) is 29.5 Å². The number of allylic oxidation sites excluding steroid dienone is 3. The third-order valence-electron chi connectivity index (χ3n) is 12.3. The van der Waals surface area contributed by atoms with Crippen LogP contribution in [0.5, 0.6) is 28.7 Å². The van der Waals surface area contributed by atoms with Crippen LogP contribution in [0.3, 0.4) is 0 Å². The molecule has 4 aliphatic rings. The molecule has 332 valence electrons. The molecule has 2 aliphatic heterocycles. The van der Waals surface area contributed by atoms with Crippen LogP contribution in [-0.4, -0.2) is 66.9 Å². The molecule has 0 radical (unpaired) electrons. The van der Waals surface area contributed by atoms with Crippen LogP contribution in [0, 0.1) is 52.8 Å². The van der Waals surface area contributed by atoms with Crippen molar-refractivity contribution in [1.82, 2.24) is 0 Å². The minimum absolute atomic E-state index is 0.0339. The third kappa shape index (κ3) is 6.51. The summed E-state index contributed by atoms with van der Waals surface area (Å²) in [5, 5.41) is 10.5. The Kier molecular flexibility index (Phi) is 11.3. The molecule has 4 aromatic rings. The maximum atomic E-state index is 15.4. The van der Waals surface area contributed by atoms with Crippen LogP contribution < -0.4 is 28.7 Å². The zero-order valence-electron chi connectivity index (χ0n) is 34.1. The summed E-state index contributed by atoms with van der Waals surface area (Å²) >= 11 is 14.4. The zero-order valence-corrected chi connectivity index (χ0v) is 35.6. The number of benzene rings is 4. The number of rotatable bonds is 10. The second-order valence-corrected chi connectivity index (χ2v) is 16.7. The van der Waals surface area contributed by atoms with E-state index in [-0.39, 0.29) is 45.4 Å². The van der Waals surface area contributed by atoms with Gasteiger partial charge in [-0.15, -0.1) is 23.2 Å². The van der Waals surface area contributed by atoms with Gasteiger partial charge in [0, 0.05) is 11.5 Å². The largest absolute Gasteiger partial charge is 0.502 e. The molecule has 2 heterocycles. The van der Waals surface area contributed by atoms with Gasteiger partial charge < -0.3 is 24.1 Å². The number of hydrogen-bond donors (Lipinski definition) is 1. The summed E-state index contributed by atoms with van der Waals surface area (Å²) in [6.45, 7) is 0. The minimum Gasteiger partial charge on any atom is -0.502 e. The number of aromatic hydroxyl groups is 1. The monoisotopic (exact) mass is 924 g/mol. The van der Waals surface area contributed by atoms with Gasteiger partial charge >= 0.3 is 0 Å². The Morgan fingerprint density at radius 1 is 0.672 bits per heavy atom. The smallest absolute Gasteiger partial charge is 0.258 e.